The van der Waals surface area contributed by atoms with E-state index in [1.54, 1.807) is 0 Å². The summed E-state index contributed by atoms with van der Waals surface area (Å²) < 4.78 is 0. The fraction of sp³-hybridized carbons (Fsp3) is 0.579. The van der Waals surface area contributed by atoms with Gasteiger partial charge in [-0.1, -0.05) is 44.2 Å². The van der Waals surface area contributed by atoms with Crippen LogP contribution in [-0.2, 0) is 11.2 Å². The van der Waals surface area contributed by atoms with Crippen molar-refractivity contribution in [3.05, 3.63) is 35.9 Å². The molecule has 1 saturated heterocycles. The van der Waals surface area contributed by atoms with Gasteiger partial charge < -0.3 is 0 Å². The molecule has 4 bridgehead atoms. The third-order valence-corrected chi connectivity index (χ3v) is 7.21. The molecule has 1 aliphatic heterocycles. The molecule has 1 amide bonds. The van der Waals surface area contributed by atoms with E-state index in [0.717, 1.165) is 24.9 Å². The zero-order valence-electron chi connectivity index (χ0n) is 13.8. The molecule has 0 unspecified atom stereocenters. The van der Waals surface area contributed by atoms with Crippen LogP contribution in [0.25, 0.3) is 0 Å². The summed E-state index contributed by atoms with van der Waals surface area (Å²) in [4.78, 5) is 12.5. The lowest BCUT2D eigenvalue weighted by Gasteiger charge is -2.42. The first kappa shape index (κ1) is 14.7. The van der Waals surface area contributed by atoms with Gasteiger partial charge in [-0.3, -0.25) is 10.2 Å². The number of nitriles is 1. The third kappa shape index (κ3) is 1.66. The van der Waals surface area contributed by atoms with E-state index in [1.807, 2.05) is 35.3 Å². The third-order valence-electron chi connectivity index (χ3n) is 7.21. The van der Waals surface area contributed by atoms with Crippen LogP contribution in [0.1, 0.15) is 38.7 Å². The predicted octanol–water partition coefficient (Wildman–Crippen LogP) is 2.66. The van der Waals surface area contributed by atoms with E-state index < -0.39 is 5.54 Å². The Bertz CT molecular complexity index is 696. The molecule has 4 nitrogen and oxygen atoms in total. The highest BCUT2D eigenvalue weighted by Crippen LogP contribution is 2.75. The van der Waals surface area contributed by atoms with Crippen LogP contribution in [0.3, 0.4) is 0 Å². The van der Waals surface area contributed by atoms with Gasteiger partial charge in [0, 0.05) is 12.0 Å². The van der Waals surface area contributed by atoms with E-state index in [9.17, 15) is 10.1 Å². The second kappa shape index (κ2) is 4.58. The number of rotatable bonds is 3. The Morgan fingerprint density at radius 1 is 1.39 bits per heavy atom. The maximum absolute atomic E-state index is 12.5. The Morgan fingerprint density at radius 2 is 2.13 bits per heavy atom. The molecule has 1 aromatic rings. The predicted molar refractivity (Wildman–Crippen MR) is 86.9 cm³/mol. The van der Waals surface area contributed by atoms with Crippen LogP contribution in [0.4, 0.5) is 0 Å². The smallest absolute Gasteiger partial charge is 0.238 e. The van der Waals surface area contributed by atoms with Crippen molar-refractivity contribution in [2.75, 3.05) is 6.54 Å². The molecule has 23 heavy (non-hydrogen) atoms. The van der Waals surface area contributed by atoms with Crippen molar-refractivity contribution in [1.29, 1.82) is 5.26 Å². The molecule has 3 aliphatic rings. The molecule has 2 saturated carbocycles. The summed E-state index contributed by atoms with van der Waals surface area (Å²) in [5.74, 6) is 0.593. The quantitative estimate of drug-likeness (QED) is 0.934. The molecule has 4 heteroatoms. The Morgan fingerprint density at radius 3 is 2.78 bits per heavy atom. The van der Waals surface area contributed by atoms with Gasteiger partial charge in [-0.2, -0.15) is 10.3 Å². The number of hydrogen-bond acceptors (Lipinski definition) is 3. The van der Waals surface area contributed by atoms with Gasteiger partial charge in [0.15, 0.2) is 0 Å². The second-order valence-electron chi connectivity index (χ2n) is 7.94. The lowest BCUT2D eigenvalue weighted by atomic mass is 9.66. The van der Waals surface area contributed by atoms with Crippen LogP contribution in [0.2, 0.25) is 0 Å². The lowest BCUT2D eigenvalue weighted by molar-refractivity contribution is -0.128. The molecular formula is C19H23N3O. The number of piperidine rings is 1. The Hall–Kier alpha value is -1.86. The second-order valence-corrected chi connectivity index (χ2v) is 7.94. The van der Waals surface area contributed by atoms with E-state index in [0.29, 0.717) is 12.3 Å². The molecule has 1 aromatic carbocycles. The standard InChI is InChI=1S/C19H23N3O/c1-17-13-22(21-16(23)10-14-6-4-3-5-7-14)19(12-20)11-15(17)8-9-18(17,19)2/h3-7,15H,8-11,13H2,1-2H3,(H,21,23)/t15-,17-,18+,19-/m1/s1. The van der Waals surface area contributed by atoms with Gasteiger partial charge in [-0.15, -0.1) is 0 Å². The average Bonchev–Trinajstić information content (AvgIpc) is 2.97. The van der Waals surface area contributed by atoms with E-state index in [2.05, 4.69) is 25.3 Å². The summed E-state index contributed by atoms with van der Waals surface area (Å²) in [5.41, 5.74) is 3.65. The van der Waals surface area contributed by atoms with Gasteiger partial charge in [0.2, 0.25) is 5.91 Å². The number of nitrogens with one attached hydrogen (secondary N) is 1. The maximum atomic E-state index is 12.5. The summed E-state index contributed by atoms with van der Waals surface area (Å²) in [6, 6.07) is 12.3. The van der Waals surface area contributed by atoms with Crippen molar-refractivity contribution in [1.82, 2.24) is 10.4 Å². The number of carbonyl (C=O) groups is 1. The van der Waals surface area contributed by atoms with Crippen LogP contribution in [-0.4, -0.2) is 23.0 Å². The molecule has 1 N–H and O–H groups in total. The topological polar surface area (TPSA) is 56.1 Å². The summed E-state index contributed by atoms with van der Waals surface area (Å²) >= 11 is 0. The fourth-order valence-electron chi connectivity index (χ4n) is 5.62. The highest BCUT2D eigenvalue weighted by Gasteiger charge is 2.78. The van der Waals surface area contributed by atoms with Gasteiger partial charge >= 0.3 is 0 Å². The van der Waals surface area contributed by atoms with Crippen molar-refractivity contribution in [2.24, 2.45) is 16.7 Å². The number of hydrogen-bond donors (Lipinski definition) is 1. The zero-order valence-corrected chi connectivity index (χ0v) is 13.8. The van der Waals surface area contributed by atoms with Crippen molar-refractivity contribution in [3.63, 3.8) is 0 Å². The van der Waals surface area contributed by atoms with Crippen molar-refractivity contribution in [3.8, 4) is 6.07 Å². The molecule has 4 atom stereocenters. The van der Waals surface area contributed by atoms with E-state index in [1.165, 1.54) is 6.42 Å². The molecule has 3 fully saturated rings. The maximum Gasteiger partial charge on any atom is 0.238 e. The first-order valence-electron chi connectivity index (χ1n) is 8.47. The lowest BCUT2D eigenvalue weighted by Crippen LogP contribution is -2.59. The number of amides is 1. The molecule has 4 rings (SSSR count). The monoisotopic (exact) mass is 309 g/mol. The first-order valence-corrected chi connectivity index (χ1v) is 8.47. The number of nitrogens with zero attached hydrogens (tertiary/aromatic N) is 2. The van der Waals surface area contributed by atoms with Crippen LogP contribution in [0.5, 0.6) is 0 Å². The molecule has 0 radical (unpaired) electrons. The van der Waals surface area contributed by atoms with Gasteiger partial charge in [0.1, 0.15) is 5.54 Å². The van der Waals surface area contributed by atoms with Gasteiger partial charge in [0.05, 0.1) is 12.5 Å². The largest absolute Gasteiger partial charge is 0.287 e. The Balaban J connectivity index is 1.55. The zero-order chi connectivity index (χ0) is 16.3. The first-order chi connectivity index (χ1) is 11.0. The van der Waals surface area contributed by atoms with Crippen molar-refractivity contribution in [2.45, 2.75) is 45.1 Å². The average molecular weight is 309 g/mol. The molecule has 0 aromatic heterocycles. The molecule has 0 spiro atoms. The molecule has 120 valence electrons. The van der Waals surface area contributed by atoms with E-state index >= 15 is 0 Å². The SMILES string of the molecule is C[C@@]12CC[C@@H]3C[C@]1(C#N)N(NC(=O)Cc1ccccc1)C[C@]32C. The van der Waals surface area contributed by atoms with Gasteiger partial charge in [-0.25, -0.2) is 0 Å². The summed E-state index contributed by atoms with van der Waals surface area (Å²) in [6.45, 7) is 5.36. The highest BCUT2D eigenvalue weighted by atomic mass is 16.2. The summed E-state index contributed by atoms with van der Waals surface area (Å²) in [6.07, 6.45) is 3.56. The van der Waals surface area contributed by atoms with E-state index in [4.69, 9.17) is 0 Å². The van der Waals surface area contributed by atoms with Crippen LogP contribution < -0.4 is 5.43 Å². The Labute approximate surface area is 137 Å². The minimum Gasteiger partial charge on any atom is -0.287 e. The normalized spacial score (nSPS) is 41.0. The minimum absolute atomic E-state index is 0.0144. The molecular weight excluding hydrogens is 286 g/mol. The summed E-state index contributed by atoms with van der Waals surface area (Å²) in [7, 11) is 0. The van der Waals surface area contributed by atoms with Crippen LogP contribution >= 0.6 is 0 Å². The van der Waals surface area contributed by atoms with Crippen molar-refractivity contribution >= 4 is 5.91 Å². The number of benzene rings is 1. The van der Waals surface area contributed by atoms with Gasteiger partial charge in [0.25, 0.3) is 0 Å². The minimum atomic E-state index is -0.531. The Kier molecular flexibility index (Phi) is 2.93. The van der Waals surface area contributed by atoms with Crippen molar-refractivity contribution < 1.29 is 4.79 Å². The number of hydrazine groups is 1. The van der Waals surface area contributed by atoms with Crippen LogP contribution in [0, 0.1) is 28.1 Å². The number of carbonyl (C=O) groups excluding carboxylic acids is 1. The summed E-state index contributed by atoms with van der Waals surface area (Å²) in [5, 5.41) is 11.9. The van der Waals surface area contributed by atoms with Crippen LogP contribution in [0.15, 0.2) is 30.3 Å². The van der Waals surface area contributed by atoms with E-state index in [-0.39, 0.29) is 16.7 Å². The van der Waals surface area contributed by atoms with Gasteiger partial charge in [-0.05, 0) is 36.2 Å². The molecule has 1 heterocycles. The highest BCUT2D eigenvalue weighted by molar-refractivity contribution is 5.78. The fourth-order valence-corrected chi connectivity index (χ4v) is 5.62. The molecule has 2 aliphatic carbocycles.